The van der Waals surface area contributed by atoms with Gasteiger partial charge in [-0.05, 0) is 19.1 Å². The minimum atomic E-state index is -0.402. The molecule has 0 radical (unpaired) electrons. The Morgan fingerprint density at radius 3 is 3.00 bits per heavy atom. The van der Waals surface area contributed by atoms with Crippen molar-refractivity contribution in [3.8, 4) is 11.3 Å². The molecule has 3 heterocycles. The van der Waals surface area contributed by atoms with E-state index in [1.807, 2.05) is 0 Å². The molecule has 1 amide bonds. The number of halogens is 1. The van der Waals surface area contributed by atoms with Gasteiger partial charge in [-0.2, -0.15) is 4.98 Å². The average Bonchev–Trinajstić information content (AvgIpc) is 3.35. The largest absolute Gasteiger partial charge is 0.441 e. The molecule has 9 heteroatoms. The van der Waals surface area contributed by atoms with E-state index in [1.165, 1.54) is 12.3 Å². The maximum atomic E-state index is 13.9. The van der Waals surface area contributed by atoms with E-state index in [1.54, 1.807) is 30.0 Å². The number of aryl methyl sites for hydroxylation is 2. The van der Waals surface area contributed by atoms with Crippen LogP contribution in [0.5, 0.6) is 0 Å². The summed E-state index contributed by atoms with van der Waals surface area (Å²) in [5.41, 5.74) is 0.340. The van der Waals surface area contributed by atoms with Gasteiger partial charge in [0.25, 0.3) is 5.89 Å². The molecule has 1 unspecified atom stereocenters. The smallest absolute Gasteiger partial charge is 0.251 e. The van der Waals surface area contributed by atoms with Crippen LogP contribution in [-0.2, 0) is 16.0 Å². The summed E-state index contributed by atoms with van der Waals surface area (Å²) < 4.78 is 30.2. The number of amides is 1. The number of hydrogen-bond acceptors (Lipinski definition) is 7. The van der Waals surface area contributed by atoms with E-state index in [4.69, 9.17) is 13.7 Å². The summed E-state index contributed by atoms with van der Waals surface area (Å²) in [6.45, 7) is 2.92. The molecule has 8 nitrogen and oxygen atoms in total. The lowest BCUT2D eigenvalue weighted by Crippen LogP contribution is -2.43. The standard InChI is InChI=1S/C19H19FN4O4/c1-12-22-19(28-23-12)15-11-26-9-8-24(15)18(25)7-6-17-21-10-16(27-17)13-4-2-3-5-14(13)20/h2-5,10,15H,6-9,11H2,1H3. The van der Waals surface area contributed by atoms with Gasteiger partial charge in [-0.25, -0.2) is 9.37 Å². The number of benzene rings is 1. The van der Waals surface area contributed by atoms with Crippen molar-refractivity contribution in [2.45, 2.75) is 25.8 Å². The molecular weight excluding hydrogens is 367 g/mol. The van der Waals surface area contributed by atoms with Gasteiger partial charge in [0.15, 0.2) is 17.5 Å². The SMILES string of the molecule is Cc1noc(C2COCCN2C(=O)CCc2ncc(-c3ccccc3F)o2)n1. The third-order valence-corrected chi connectivity index (χ3v) is 4.52. The van der Waals surface area contributed by atoms with E-state index >= 15 is 0 Å². The zero-order valence-electron chi connectivity index (χ0n) is 15.3. The number of carbonyl (C=O) groups excluding carboxylic acids is 1. The first-order chi connectivity index (χ1) is 13.6. The van der Waals surface area contributed by atoms with Gasteiger partial charge >= 0.3 is 0 Å². The fourth-order valence-electron chi connectivity index (χ4n) is 3.12. The molecule has 1 aromatic carbocycles. The maximum Gasteiger partial charge on any atom is 0.251 e. The van der Waals surface area contributed by atoms with Gasteiger partial charge in [-0.3, -0.25) is 4.79 Å². The highest BCUT2D eigenvalue weighted by Crippen LogP contribution is 2.26. The highest BCUT2D eigenvalue weighted by atomic mass is 19.1. The van der Waals surface area contributed by atoms with Gasteiger partial charge in [0, 0.05) is 19.4 Å². The van der Waals surface area contributed by atoms with E-state index in [9.17, 15) is 9.18 Å². The maximum absolute atomic E-state index is 13.9. The molecule has 0 spiro atoms. The van der Waals surface area contributed by atoms with E-state index in [-0.39, 0.29) is 18.1 Å². The predicted molar refractivity (Wildman–Crippen MR) is 94.5 cm³/mol. The summed E-state index contributed by atoms with van der Waals surface area (Å²) in [5, 5.41) is 3.78. The fourth-order valence-corrected chi connectivity index (χ4v) is 3.12. The van der Waals surface area contributed by atoms with Crippen LogP contribution < -0.4 is 0 Å². The average molecular weight is 386 g/mol. The van der Waals surface area contributed by atoms with Crippen LogP contribution >= 0.6 is 0 Å². The number of carbonyl (C=O) groups is 1. The number of rotatable bonds is 5. The predicted octanol–water partition coefficient (Wildman–Crippen LogP) is 2.70. The molecule has 0 N–H and O–H groups in total. The van der Waals surface area contributed by atoms with Crippen molar-refractivity contribution in [2.75, 3.05) is 19.8 Å². The lowest BCUT2D eigenvalue weighted by atomic mass is 10.2. The van der Waals surface area contributed by atoms with E-state index in [2.05, 4.69) is 15.1 Å². The van der Waals surface area contributed by atoms with Crippen molar-refractivity contribution < 1.29 is 22.9 Å². The Bertz CT molecular complexity index is 970. The second-order valence-electron chi connectivity index (χ2n) is 6.46. The summed E-state index contributed by atoms with van der Waals surface area (Å²) in [7, 11) is 0. The first-order valence-corrected chi connectivity index (χ1v) is 8.99. The summed E-state index contributed by atoms with van der Waals surface area (Å²) in [4.78, 5) is 22.8. The molecular formula is C19H19FN4O4. The molecule has 0 aliphatic carbocycles. The van der Waals surface area contributed by atoms with Crippen molar-refractivity contribution in [2.24, 2.45) is 0 Å². The van der Waals surface area contributed by atoms with Crippen molar-refractivity contribution in [1.82, 2.24) is 20.0 Å². The zero-order chi connectivity index (χ0) is 19.5. The molecule has 1 fully saturated rings. The highest BCUT2D eigenvalue weighted by molar-refractivity contribution is 5.77. The molecule has 4 rings (SSSR count). The molecule has 1 aliphatic rings. The molecule has 1 aliphatic heterocycles. The van der Waals surface area contributed by atoms with Crippen LogP contribution in [0.2, 0.25) is 0 Å². The monoisotopic (exact) mass is 386 g/mol. The van der Waals surface area contributed by atoms with Crippen molar-refractivity contribution in [3.05, 3.63) is 53.9 Å². The van der Waals surface area contributed by atoms with Gasteiger partial charge in [0.05, 0.1) is 25.0 Å². The lowest BCUT2D eigenvalue weighted by Gasteiger charge is -2.33. The Balaban J connectivity index is 1.42. The first kappa shape index (κ1) is 18.3. The quantitative estimate of drug-likeness (QED) is 0.665. The Kier molecular flexibility index (Phi) is 5.16. The van der Waals surface area contributed by atoms with Gasteiger partial charge in [-0.15, -0.1) is 0 Å². The van der Waals surface area contributed by atoms with E-state index in [0.29, 0.717) is 55.1 Å². The van der Waals surface area contributed by atoms with Crippen LogP contribution in [0.4, 0.5) is 4.39 Å². The van der Waals surface area contributed by atoms with Crippen LogP contribution in [0.25, 0.3) is 11.3 Å². The van der Waals surface area contributed by atoms with E-state index in [0.717, 1.165) is 0 Å². The molecule has 1 saturated heterocycles. The third-order valence-electron chi connectivity index (χ3n) is 4.52. The molecule has 146 valence electrons. The minimum Gasteiger partial charge on any atom is -0.441 e. The topological polar surface area (TPSA) is 94.5 Å². The Morgan fingerprint density at radius 1 is 1.36 bits per heavy atom. The van der Waals surface area contributed by atoms with Crippen LogP contribution in [0.15, 0.2) is 39.4 Å². The second-order valence-corrected chi connectivity index (χ2v) is 6.46. The molecule has 1 atom stereocenters. The van der Waals surface area contributed by atoms with Crippen LogP contribution in [0.3, 0.4) is 0 Å². The minimum absolute atomic E-state index is 0.0882. The molecule has 2 aromatic heterocycles. The normalized spacial score (nSPS) is 17.1. The molecule has 28 heavy (non-hydrogen) atoms. The second kappa shape index (κ2) is 7.89. The number of ether oxygens (including phenoxy) is 1. The zero-order valence-corrected chi connectivity index (χ0v) is 15.3. The van der Waals surface area contributed by atoms with Crippen molar-refractivity contribution in [3.63, 3.8) is 0 Å². The first-order valence-electron chi connectivity index (χ1n) is 8.99. The molecule has 0 bridgehead atoms. The van der Waals surface area contributed by atoms with E-state index < -0.39 is 6.04 Å². The fraction of sp³-hybridized carbons (Fsp3) is 0.368. The Labute approximate surface area is 160 Å². The molecule has 0 saturated carbocycles. The summed E-state index contributed by atoms with van der Waals surface area (Å²) in [6, 6.07) is 5.91. The Hall–Kier alpha value is -3.07. The van der Waals surface area contributed by atoms with Crippen LogP contribution in [-0.4, -0.2) is 45.7 Å². The Morgan fingerprint density at radius 2 is 2.21 bits per heavy atom. The van der Waals surface area contributed by atoms with Crippen molar-refractivity contribution in [1.29, 1.82) is 0 Å². The molecule has 3 aromatic rings. The lowest BCUT2D eigenvalue weighted by molar-refractivity contribution is -0.141. The van der Waals surface area contributed by atoms with Crippen LogP contribution in [0, 0.1) is 12.7 Å². The van der Waals surface area contributed by atoms with Crippen LogP contribution in [0.1, 0.15) is 30.1 Å². The number of hydrogen-bond donors (Lipinski definition) is 0. The highest BCUT2D eigenvalue weighted by Gasteiger charge is 2.32. The third kappa shape index (κ3) is 3.79. The summed E-state index contributed by atoms with van der Waals surface area (Å²) in [6.07, 6.45) is 1.97. The summed E-state index contributed by atoms with van der Waals surface area (Å²) >= 11 is 0. The van der Waals surface area contributed by atoms with Gasteiger partial charge in [0.1, 0.15) is 11.9 Å². The number of aromatic nitrogens is 3. The number of nitrogens with zero attached hydrogens (tertiary/aromatic N) is 4. The summed E-state index contributed by atoms with van der Waals surface area (Å²) in [5.74, 6) is 1.12. The number of oxazole rings is 1. The van der Waals surface area contributed by atoms with Crippen molar-refractivity contribution >= 4 is 5.91 Å². The van der Waals surface area contributed by atoms with Gasteiger partial charge in [0.2, 0.25) is 5.91 Å². The van der Waals surface area contributed by atoms with Gasteiger partial charge in [-0.1, -0.05) is 17.3 Å². The van der Waals surface area contributed by atoms with Gasteiger partial charge < -0.3 is 18.6 Å². The number of morpholine rings is 1.